The van der Waals surface area contributed by atoms with Crippen LogP contribution in [0.5, 0.6) is 0 Å². The summed E-state index contributed by atoms with van der Waals surface area (Å²) < 4.78 is 0. The van der Waals surface area contributed by atoms with Gasteiger partial charge in [-0.2, -0.15) is 0 Å². The first kappa shape index (κ1) is 15.3. The number of aliphatic hydroxyl groups is 1. The molecule has 0 unspecified atom stereocenters. The standard InChI is InChI=1S/C15H21ClN2O2/c1-9(2)12-7-10(8-14(16)17-12)15(20)18-11-5-3-4-6-13(11)19/h7-9,11,13,19H,3-6H2,1-2H3,(H,18,20)/t11-,13-/m1/s1. The molecule has 1 amide bonds. The van der Waals surface area contributed by atoms with Crippen molar-refractivity contribution in [3.63, 3.8) is 0 Å². The molecule has 2 rings (SSSR count). The van der Waals surface area contributed by atoms with Crippen molar-refractivity contribution in [1.82, 2.24) is 10.3 Å². The Morgan fingerprint density at radius 2 is 2.10 bits per heavy atom. The summed E-state index contributed by atoms with van der Waals surface area (Å²) in [6.45, 7) is 4.01. The van der Waals surface area contributed by atoms with Crippen LogP contribution in [0.2, 0.25) is 5.15 Å². The SMILES string of the molecule is CC(C)c1cc(C(=O)N[C@@H]2CCCC[C@H]2O)cc(Cl)n1. The number of pyridine rings is 1. The van der Waals surface area contributed by atoms with Gasteiger partial charge in [-0.15, -0.1) is 0 Å². The van der Waals surface area contributed by atoms with E-state index in [1.165, 1.54) is 0 Å². The molecule has 0 bridgehead atoms. The van der Waals surface area contributed by atoms with Gasteiger partial charge >= 0.3 is 0 Å². The molecule has 0 radical (unpaired) electrons. The largest absolute Gasteiger partial charge is 0.391 e. The molecule has 1 aromatic heterocycles. The van der Waals surface area contributed by atoms with Crippen LogP contribution < -0.4 is 5.32 Å². The van der Waals surface area contributed by atoms with Gasteiger partial charge in [0.1, 0.15) is 5.15 Å². The third-order valence-electron chi connectivity index (χ3n) is 3.71. The molecular weight excluding hydrogens is 276 g/mol. The number of carbonyl (C=O) groups is 1. The predicted molar refractivity (Wildman–Crippen MR) is 79.1 cm³/mol. The van der Waals surface area contributed by atoms with E-state index >= 15 is 0 Å². The molecule has 4 nitrogen and oxygen atoms in total. The zero-order valence-electron chi connectivity index (χ0n) is 11.9. The maximum Gasteiger partial charge on any atom is 0.251 e. The smallest absolute Gasteiger partial charge is 0.251 e. The highest BCUT2D eigenvalue weighted by atomic mass is 35.5. The Morgan fingerprint density at radius 1 is 1.40 bits per heavy atom. The van der Waals surface area contributed by atoms with E-state index in [1.807, 2.05) is 13.8 Å². The summed E-state index contributed by atoms with van der Waals surface area (Å²) in [5.74, 6) is 0.0164. The Bertz CT molecular complexity index is 491. The summed E-state index contributed by atoms with van der Waals surface area (Å²) in [6.07, 6.45) is 3.18. The Morgan fingerprint density at radius 3 is 2.75 bits per heavy atom. The maximum absolute atomic E-state index is 12.3. The van der Waals surface area contributed by atoms with Crippen LogP contribution in [-0.2, 0) is 0 Å². The summed E-state index contributed by atoms with van der Waals surface area (Å²) in [4.78, 5) is 16.5. The number of halogens is 1. The Balaban J connectivity index is 2.12. The highest BCUT2D eigenvalue weighted by Gasteiger charge is 2.25. The van der Waals surface area contributed by atoms with Crippen molar-refractivity contribution in [2.75, 3.05) is 0 Å². The third kappa shape index (κ3) is 3.70. The van der Waals surface area contributed by atoms with Crippen molar-refractivity contribution in [2.24, 2.45) is 0 Å². The Kier molecular flexibility index (Phi) is 5.00. The van der Waals surface area contributed by atoms with E-state index in [9.17, 15) is 9.90 Å². The molecule has 0 saturated heterocycles. The fourth-order valence-electron chi connectivity index (χ4n) is 2.48. The molecule has 1 aliphatic carbocycles. The second-order valence-corrected chi connectivity index (χ2v) is 6.08. The predicted octanol–water partition coefficient (Wildman–Crippen LogP) is 2.89. The lowest BCUT2D eigenvalue weighted by atomic mass is 9.92. The van der Waals surface area contributed by atoms with Crippen LogP contribution in [0.3, 0.4) is 0 Å². The molecule has 0 aliphatic heterocycles. The van der Waals surface area contributed by atoms with Gasteiger partial charge < -0.3 is 10.4 Å². The second kappa shape index (κ2) is 6.55. The van der Waals surface area contributed by atoms with Crippen molar-refractivity contribution in [3.05, 3.63) is 28.5 Å². The highest BCUT2D eigenvalue weighted by molar-refractivity contribution is 6.29. The van der Waals surface area contributed by atoms with Crippen molar-refractivity contribution in [2.45, 2.75) is 57.6 Å². The fourth-order valence-corrected chi connectivity index (χ4v) is 2.69. The summed E-state index contributed by atoms with van der Waals surface area (Å²) in [5.41, 5.74) is 1.30. The molecule has 110 valence electrons. The summed E-state index contributed by atoms with van der Waals surface area (Å²) in [7, 11) is 0. The Labute approximate surface area is 124 Å². The molecular formula is C15H21ClN2O2. The topological polar surface area (TPSA) is 62.2 Å². The molecule has 1 heterocycles. The maximum atomic E-state index is 12.3. The van der Waals surface area contributed by atoms with E-state index in [0.717, 1.165) is 31.4 Å². The second-order valence-electron chi connectivity index (χ2n) is 5.69. The normalized spacial score (nSPS) is 22.9. The number of aromatic nitrogens is 1. The molecule has 2 atom stereocenters. The van der Waals surface area contributed by atoms with Gasteiger partial charge in [-0.1, -0.05) is 38.3 Å². The number of amides is 1. The van der Waals surface area contributed by atoms with Crippen LogP contribution in [0.25, 0.3) is 0 Å². The number of aliphatic hydroxyl groups excluding tert-OH is 1. The van der Waals surface area contributed by atoms with Crippen molar-refractivity contribution >= 4 is 17.5 Å². The van der Waals surface area contributed by atoms with Crippen LogP contribution in [0.4, 0.5) is 0 Å². The van der Waals surface area contributed by atoms with Crippen molar-refractivity contribution in [3.8, 4) is 0 Å². The number of hydrogen-bond acceptors (Lipinski definition) is 3. The third-order valence-corrected chi connectivity index (χ3v) is 3.91. The number of nitrogens with one attached hydrogen (secondary N) is 1. The first-order valence-electron chi connectivity index (χ1n) is 7.14. The first-order valence-corrected chi connectivity index (χ1v) is 7.51. The lowest BCUT2D eigenvalue weighted by molar-refractivity contribution is 0.0717. The molecule has 1 saturated carbocycles. The van der Waals surface area contributed by atoms with E-state index in [2.05, 4.69) is 10.3 Å². The molecule has 0 spiro atoms. The van der Waals surface area contributed by atoms with Crippen LogP contribution in [-0.4, -0.2) is 28.1 Å². The lowest BCUT2D eigenvalue weighted by Crippen LogP contribution is -2.45. The van der Waals surface area contributed by atoms with Gasteiger partial charge in [-0.25, -0.2) is 4.98 Å². The molecule has 1 aromatic rings. The van der Waals surface area contributed by atoms with Crippen LogP contribution >= 0.6 is 11.6 Å². The zero-order valence-corrected chi connectivity index (χ0v) is 12.7. The van der Waals surface area contributed by atoms with Gasteiger partial charge in [0, 0.05) is 11.3 Å². The van der Waals surface area contributed by atoms with Crippen LogP contribution in [0.1, 0.15) is 61.5 Å². The molecule has 2 N–H and O–H groups in total. The van der Waals surface area contributed by atoms with Crippen molar-refractivity contribution in [1.29, 1.82) is 0 Å². The zero-order chi connectivity index (χ0) is 14.7. The molecule has 1 fully saturated rings. The van der Waals surface area contributed by atoms with E-state index in [-0.39, 0.29) is 17.9 Å². The minimum atomic E-state index is -0.449. The van der Waals surface area contributed by atoms with E-state index < -0.39 is 6.10 Å². The van der Waals surface area contributed by atoms with E-state index in [0.29, 0.717) is 10.7 Å². The van der Waals surface area contributed by atoms with Crippen molar-refractivity contribution < 1.29 is 9.90 Å². The van der Waals surface area contributed by atoms with Crippen LogP contribution in [0.15, 0.2) is 12.1 Å². The number of hydrogen-bond donors (Lipinski definition) is 2. The quantitative estimate of drug-likeness (QED) is 0.843. The lowest BCUT2D eigenvalue weighted by Gasteiger charge is -2.28. The number of nitrogens with zero attached hydrogens (tertiary/aromatic N) is 1. The minimum Gasteiger partial charge on any atom is -0.391 e. The number of rotatable bonds is 3. The summed E-state index contributed by atoms with van der Waals surface area (Å²) in [5, 5.41) is 13.1. The fraction of sp³-hybridized carbons (Fsp3) is 0.600. The molecule has 0 aromatic carbocycles. The molecule has 5 heteroatoms. The molecule has 1 aliphatic rings. The average Bonchev–Trinajstić information content (AvgIpc) is 2.40. The van der Waals surface area contributed by atoms with Crippen LogP contribution in [0, 0.1) is 0 Å². The van der Waals surface area contributed by atoms with E-state index in [4.69, 9.17) is 11.6 Å². The van der Waals surface area contributed by atoms with E-state index in [1.54, 1.807) is 12.1 Å². The number of carbonyl (C=O) groups excluding carboxylic acids is 1. The highest BCUT2D eigenvalue weighted by Crippen LogP contribution is 2.20. The first-order chi connectivity index (χ1) is 9.47. The summed E-state index contributed by atoms with van der Waals surface area (Å²) in [6, 6.07) is 3.17. The van der Waals surface area contributed by atoms with Gasteiger partial charge in [0.25, 0.3) is 5.91 Å². The minimum absolute atomic E-state index is 0.161. The van der Waals surface area contributed by atoms with Gasteiger partial charge in [0.05, 0.1) is 12.1 Å². The molecule has 20 heavy (non-hydrogen) atoms. The van der Waals surface area contributed by atoms with Gasteiger partial charge in [0.2, 0.25) is 0 Å². The van der Waals surface area contributed by atoms with Gasteiger partial charge in [-0.05, 0) is 30.9 Å². The monoisotopic (exact) mass is 296 g/mol. The van der Waals surface area contributed by atoms with Gasteiger partial charge in [0.15, 0.2) is 0 Å². The van der Waals surface area contributed by atoms with Gasteiger partial charge in [-0.3, -0.25) is 4.79 Å². The average molecular weight is 297 g/mol. The Hall–Kier alpha value is -1.13. The summed E-state index contributed by atoms with van der Waals surface area (Å²) >= 11 is 5.97.